The molecule has 0 amide bonds. The second kappa shape index (κ2) is 3.85. The van der Waals surface area contributed by atoms with Crippen LogP contribution < -0.4 is 0 Å². The summed E-state index contributed by atoms with van der Waals surface area (Å²) < 4.78 is 0. The van der Waals surface area contributed by atoms with Gasteiger partial charge in [-0.05, 0) is 18.6 Å². The summed E-state index contributed by atoms with van der Waals surface area (Å²) in [6, 6.07) is 16.3. The normalized spacial score (nSPS) is 10.1. The molecular formula is C13H17Cl. The van der Waals surface area contributed by atoms with Crippen molar-refractivity contribution < 1.29 is 4.28 Å². The van der Waals surface area contributed by atoms with Crippen LogP contribution in [0.3, 0.4) is 0 Å². The van der Waals surface area contributed by atoms with E-state index >= 15 is 0 Å². The average Bonchev–Trinajstić information content (AvgIpc) is 2.18. The number of hydrogen-bond acceptors (Lipinski definition) is 0. The van der Waals surface area contributed by atoms with Crippen LogP contribution in [-0.4, -0.2) is 0 Å². The van der Waals surface area contributed by atoms with Crippen molar-refractivity contribution in [3.8, 4) is 11.1 Å². The summed E-state index contributed by atoms with van der Waals surface area (Å²) in [5.41, 5.74) is 3.52. The summed E-state index contributed by atoms with van der Waals surface area (Å²) in [5, 5.41) is 0.804. The van der Waals surface area contributed by atoms with Crippen molar-refractivity contribution in [2.24, 2.45) is 0 Å². The van der Waals surface area contributed by atoms with Crippen molar-refractivity contribution in [2.45, 2.75) is 6.92 Å². The lowest BCUT2D eigenvalue weighted by Gasteiger charge is -2.04. The van der Waals surface area contributed by atoms with Crippen molar-refractivity contribution in [1.82, 2.24) is 0 Å². The highest BCUT2D eigenvalue weighted by Gasteiger charge is 2.01. The maximum Gasteiger partial charge on any atom is 0.0484 e. The van der Waals surface area contributed by atoms with Crippen LogP contribution in [0.2, 0.25) is 5.02 Å². The number of hydrogen-bond donors (Lipinski definition) is 0. The predicted octanol–water partition coefficient (Wildman–Crippen LogP) is 5.05. The van der Waals surface area contributed by atoms with Gasteiger partial charge in [0.25, 0.3) is 0 Å². The molecule has 0 aliphatic rings. The second-order valence-electron chi connectivity index (χ2n) is 3.35. The van der Waals surface area contributed by atoms with Gasteiger partial charge in [0.05, 0.1) is 0 Å². The summed E-state index contributed by atoms with van der Waals surface area (Å²) >= 11 is 6.11. The Morgan fingerprint density at radius 2 is 1.79 bits per heavy atom. The van der Waals surface area contributed by atoms with E-state index in [4.69, 9.17) is 11.6 Å². The maximum atomic E-state index is 6.11. The third-order valence-electron chi connectivity index (χ3n) is 2.20. The van der Waals surface area contributed by atoms with E-state index in [1.807, 2.05) is 30.3 Å². The first kappa shape index (κ1) is 9.29. The van der Waals surface area contributed by atoms with Crippen molar-refractivity contribution in [3.05, 3.63) is 59.1 Å². The highest BCUT2D eigenvalue weighted by atomic mass is 35.5. The van der Waals surface area contributed by atoms with Gasteiger partial charge in [0, 0.05) is 14.9 Å². The van der Waals surface area contributed by atoms with E-state index in [0.717, 1.165) is 10.6 Å². The molecule has 0 atom stereocenters. The average molecular weight is 209 g/mol. The molecule has 0 unspecified atom stereocenters. The van der Waals surface area contributed by atoms with Gasteiger partial charge in [0.15, 0.2) is 0 Å². The monoisotopic (exact) mass is 208 g/mol. The minimum Gasteiger partial charge on any atom is -0.0837 e. The van der Waals surface area contributed by atoms with Gasteiger partial charge >= 0.3 is 0 Å². The fourth-order valence-electron chi connectivity index (χ4n) is 1.51. The Morgan fingerprint density at radius 1 is 1.00 bits per heavy atom. The van der Waals surface area contributed by atoms with E-state index in [1.54, 1.807) is 0 Å². The third kappa shape index (κ3) is 1.80. The van der Waals surface area contributed by atoms with Crippen LogP contribution in [0.15, 0.2) is 48.5 Å². The van der Waals surface area contributed by atoms with E-state index < -0.39 is 0 Å². The van der Waals surface area contributed by atoms with E-state index in [-0.39, 0.29) is 4.28 Å². The fourth-order valence-corrected chi connectivity index (χ4v) is 1.75. The number of halogens is 1. The van der Waals surface area contributed by atoms with Crippen LogP contribution in [0.1, 0.15) is 9.84 Å². The lowest BCUT2D eigenvalue weighted by Crippen LogP contribution is -1.79. The molecule has 0 nitrogen and oxygen atoms in total. The molecule has 0 heterocycles. The van der Waals surface area contributed by atoms with Gasteiger partial charge in [0.1, 0.15) is 0 Å². The molecule has 0 spiro atoms. The smallest absolute Gasteiger partial charge is 0.0484 e. The van der Waals surface area contributed by atoms with Gasteiger partial charge in [-0.1, -0.05) is 59.6 Å². The van der Waals surface area contributed by atoms with Crippen LogP contribution in [0, 0.1) is 6.92 Å². The maximum absolute atomic E-state index is 6.11. The summed E-state index contributed by atoms with van der Waals surface area (Å²) in [4.78, 5) is 0. The van der Waals surface area contributed by atoms with Gasteiger partial charge < -0.3 is 0 Å². The molecule has 0 saturated carbocycles. The topological polar surface area (TPSA) is 0 Å². The summed E-state index contributed by atoms with van der Waals surface area (Å²) in [6.45, 7) is 2.08. The van der Waals surface area contributed by atoms with Crippen molar-refractivity contribution >= 4 is 11.6 Å². The standard InChI is InChI=1S/C13H11Cl.3H2/c1-10-5-4-6-11(9-10)12-7-2-3-8-13(12)14;;;/h2-9H,1H3;3*1H. The van der Waals surface area contributed by atoms with Crippen LogP contribution in [-0.2, 0) is 0 Å². The Bertz CT molecular complexity index is 458. The van der Waals surface area contributed by atoms with E-state index in [9.17, 15) is 0 Å². The zero-order chi connectivity index (χ0) is 9.97. The highest BCUT2D eigenvalue weighted by Crippen LogP contribution is 2.27. The van der Waals surface area contributed by atoms with Crippen molar-refractivity contribution in [3.63, 3.8) is 0 Å². The molecule has 0 aliphatic heterocycles. The first-order chi connectivity index (χ1) is 6.77. The Hall–Kier alpha value is -1.27. The van der Waals surface area contributed by atoms with Gasteiger partial charge in [-0.2, -0.15) is 0 Å². The zero-order valence-electron chi connectivity index (χ0n) is 8.00. The molecule has 14 heavy (non-hydrogen) atoms. The largest absolute Gasteiger partial charge is 0.0837 e. The number of benzene rings is 2. The van der Waals surface area contributed by atoms with Crippen LogP contribution >= 0.6 is 11.6 Å². The molecule has 0 saturated heterocycles. The summed E-state index contributed by atoms with van der Waals surface area (Å²) in [5.74, 6) is 0. The molecule has 2 aromatic carbocycles. The summed E-state index contributed by atoms with van der Waals surface area (Å²) in [7, 11) is 0. The quantitative estimate of drug-likeness (QED) is 0.615. The van der Waals surface area contributed by atoms with Gasteiger partial charge in [-0.25, -0.2) is 0 Å². The Labute approximate surface area is 93.6 Å². The molecule has 76 valence electrons. The SMILES string of the molecule is Cc1cccc(-c2ccccc2Cl)c1.[HH].[HH].[HH]. The minimum atomic E-state index is 0. The first-order valence-corrected chi connectivity index (χ1v) is 4.97. The van der Waals surface area contributed by atoms with Gasteiger partial charge in [-0.15, -0.1) is 0 Å². The highest BCUT2D eigenvalue weighted by molar-refractivity contribution is 6.33. The molecule has 2 aromatic rings. The fraction of sp³-hybridized carbons (Fsp3) is 0.0769. The molecule has 1 heteroatoms. The Morgan fingerprint density at radius 3 is 2.50 bits per heavy atom. The van der Waals surface area contributed by atoms with Gasteiger partial charge in [0.2, 0.25) is 0 Å². The minimum absolute atomic E-state index is 0. The molecule has 0 bridgehead atoms. The van der Waals surface area contributed by atoms with Crippen molar-refractivity contribution in [1.29, 1.82) is 0 Å². The Kier molecular flexibility index (Phi) is 2.55. The molecule has 0 aliphatic carbocycles. The van der Waals surface area contributed by atoms with Gasteiger partial charge in [-0.3, -0.25) is 0 Å². The van der Waals surface area contributed by atoms with Crippen LogP contribution in [0.5, 0.6) is 0 Å². The summed E-state index contributed by atoms with van der Waals surface area (Å²) in [6.07, 6.45) is 0. The molecule has 0 N–H and O–H groups in total. The molecule has 0 aromatic heterocycles. The van der Waals surface area contributed by atoms with E-state index in [2.05, 4.69) is 25.1 Å². The Balaban J connectivity index is 0. The van der Waals surface area contributed by atoms with E-state index in [0.29, 0.717) is 0 Å². The number of aryl methyl sites for hydroxylation is 1. The lowest BCUT2D eigenvalue weighted by atomic mass is 10.0. The van der Waals surface area contributed by atoms with Crippen molar-refractivity contribution in [2.75, 3.05) is 0 Å². The molecular weight excluding hydrogens is 192 g/mol. The molecule has 2 rings (SSSR count). The van der Waals surface area contributed by atoms with E-state index in [1.165, 1.54) is 11.1 Å². The third-order valence-corrected chi connectivity index (χ3v) is 2.53. The van der Waals surface area contributed by atoms with Crippen LogP contribution in [0.25, 0.3) is 11.1 Å². The number of rotatable bonds is 1. The molecule has 0 radical (unpaired) electrons. The first-order valence-electron chi connectivity index (χ1n) is 4.59. The predicted molar refractivity (Wildman–Crippen MR) is 68.0 cm³/mol. The zero-order valence-corrected chi connectivity index (χ0v) is 8.75. The second-order valence-corrected chi connectivity index (χ2v) is 3.76. The molecule has 0 fully saturated rings. The lowest BCUT2D eigenvalue weighted by molar-refractivity contribution is 1.47. The van der Waals surface area contributed by atoms with Crippen LogP contribution in [0.4, 0.5) is 0 Å².